The van der Waals surface area contributed by atoms with Crippen molar-refractivity contribution >= 4 is 0 Å². The summed E-state index contributed by atoms with van der Waals surface area (Å²) in [5.41, 5.74) is 1.41. The number of hydrogen-bond acceptors (Lipinski definition) is 2. The molecular formula is C18H30N2. The highest BCUT2D eigenvalue weighted by Crippen LogP contribution is 2.29. The second-order valence-corrected chi connectivity index (χ2v) is 6.32. The van der Waals surface area contributed by atoms with Gasteiger partial charge in [-0.1, -0.05) is 43.7 Å². The number of hydrogen-bond donors (Lipinski definition) is 1. The topological polar surface area (TPSA) is 15.3 Å². The first kappa shape index (κ1) is 15.5. The molecule has 0 radical (unpaired) electrons. The van der Waals surface area contributed by atoms with E-state index in [0.29, 0.717) is 12.1 Å². The zero-order valence-corrected chi connectivity index (χ0v) is 13.3. The van der Waals surface area contributed by atoms with Crippen LogP contribution in [-0.4, -0.2) is 31.1 Å². The summed E-state index contributed by atoms with van der Waals surface area (Å²) in [6.07, 6.45) is 5.47. The van der Waals surface area contributed by atoms with E-state index < -0.39 is 0 Å². The fraction of sp³-hybridized carbons (Fsp3) is 0.667. The summed E-state index contributed by atoms with van der Waals surface area (Å²) >= 11 is 0. The van der Waals surface area contributed by atoms with Crippen LogP contribution in [0, 0.1) is 5.92 Å². The van der Waals surface area contributed by atoms with Crippen LogP contribution in [0.3, 0.4) is 0 Å². The fourth-order valence-electron chi connectivity index (χ4n) is 3.03. The third-order valence-electron chi connectivity index (χ3n) is 4.72. The molecule has 0 aromatic heterocycles. The Balaban J connectivity index is 2.00. The molecule has 1 saturated carbocycles. The van der Waals surface area contributed by atoms with Crippen LogP contribution in [0.4, 0.5) is 0 Å². The van der Waals surface area contributed by atoms with Gasteiger partial charge in [0.05, 0.1) is 0 Å². The maximum Gasteiger partial charge on any atom is 0.0475 e. The largest absolute Gasteiger partial charge is 0.309 e. The summed E-state index contributed by atoms with van der Waals surface area (Å²) < 4.78 is 0. The maximum absolute atomic E-state index is 3.73. The van der Waals surface area contributed by atoms with Crippen LogP contribution in [0.5, 0.6) is 0 Å². The van der Waals surface area contributed by atoms with Crippen molar-refractivity contribution in [1.82, 2.24) is 10.2 Å². The van der Waals surface area contributed by atoms with E-state index in [9.17, 15) is 0 Å². The van der Waals surface area contributed by atoms with E-state index in [1.165, 1.54) is 37.8 Å². The summed E-state index contributed by atoms with van der Waals surface area (Å²) in [6, 6.07) is 11.9. The predicted molar refractivity (Wildman–Crippen MR) is 86.9 cm³/mol. The van der Waals surface area contributed by atoms with Gasteiger partial charge in [0.15, 0.2) is 0 Å². The van der Waals surface area contributed by atoms with Crippen molar-refractivity contribution in [2.45, 2.75) is 51.6 Å². The fourth-order valence-corrected chi connectivity index (χ4v) is 3.03. The van der Waals surface area contributed by atoms with Crippen LogP contribution in [0.15, 0.2) is 30.3 Å². The van der Waals surface area contributed by atoms with Crippen LogP contribution in [0.1, 0.15) is 51.1 Å². The van der Waals surface area contributed by atoms with E-state index in [1.807, 2.05) is 0 Å². The van der Waals surface area contributed by atoms with E-state index >= 15 is 0 Å². The van der Waals surface area contributed by atoms with Gasteiger partial charge in [0.2, 0.25) is 0 Å². The van der Waals surface area contributed by atoms with Crippen molar-refractivity contribution in [3.05, 3.63) is 35.9 Å². The Kier molecular flexibility index (Phi) is 6.06. The third kappa shape index (κ3) is 4.07. The molecule has 20 heavy (non-hydrogen) atoms. The zero-order chi connectivity index (χ0) is 14.4. The van der Waals surface area contributed by atoms with Gasteiger partial charge >= 0.3 is 0 Å². The van der Waals surface area contributed by atoms with Gasteiger partial charge in [-0.25, -0.2) is 0 Å². The minimum absolute atomic E-state index is 0.432. The Hall–Kier alpha value is -0.860. The van der Waals surface area contributed by atoms with Gasteiger partial charge in [-0.3, -0.25) is 0 Å². The van der Waals surface area contributed by atoms with Crippen molar-refractivity contribution in [2.75, 3.05) is 20.1 Å². The third-order valence-corrected chi connectivity index (χ3v) is 4.72. The molecule has 1 fully saturated rings. The molecule has 0 bridgehead atoms. The van der Waals surface area contributed by atoms with E-state index in [2.05, 4.69) is 61.4 Å². The highest BCUT2D eigenvalue weighted by Gasteiger charge is 2.26. The SMILES string of the molecule is CCCNC(c1ccccc1)C(C)N(C)CC1CCC1. The Morgan fingerprint density at radius 3 is 2.50 bits per heavy atom. The van der Waals surface area contributed by atoms with Crippen molar-refractivity contribution in [2.24, 2.45) is 5.92 Å². The van der Waals surface area contributed by atoms with Gasteiger partial charge in [-0.15, -0.1) is 0 Å². The average molecular weight is 274 g/mol. The molecule has 1 N–H and O–H groups in total. The summed E-state index contributed by atoms with van der Waals surface area (Å²) in [4.78, 5) is 2.55. The molecule has 2 heteroatoms. The molecule has 1 aromatic carbocycles. The quantitative estimate of drug-likeness (QED) is 0.774. The van der Waals surface area contributed by atoms with Gasteiger partial charge in [-0.2, -0.15) is 0 Å². The highest BCUT2D eigenvalue weighted by atomic mass is 15.2. The second-order valence-electron chi connectivity index (χ2n) is 6.32. The molecule has 2 atom stereocenters. The normalized spacial score (nSPS) is 18.8. The molecule has 2 nitrogen and oxygen atoms in total. The lowest BCUT2D eigenvalue weighted by Gasteiger charge is -2.37. The molecule has 112 valence electrons. The van der Waals surface area contributed by atoms with Crippen LogP contribution in [0.25, 0.3) is 0 Å². The molecule has 0 spiro atoms. The molecule has 1 aliphatic carbocycles. The molecule has 1 aromatic rings. The number of likely N-dealkylation sites (N-methyl/N-ethyl adjacent to an activating group) is 1. The molecule has 0 heterocycles. The monoisotopic (exact) mass is 274 g/mol. The molecule has 0 saturated heterocycles. The first-order valence-corrected chi connectivity index (χ1v) is 8.21. The number of nitrogens with one attached hydrogen (secondary N) is 1. The van der Waals surface area contributed by atoms with E-state index in [0.717, 1.165) is 12.5 Å². The number of rotatable bonds is 8. The van der Waals surface area contributed by atoms with Crippen molar-refractivity contribution in [3.63, 3.8) is 0 Å². The van der Waals surface area contributed by atoms with Crippen molar-refractivity contribution < 1.29 is 0 Å². The maximum atomic E-state index is 3.73. The van der Waals surface area contributed by atoms with Gasteiger partial charge in [0.1, 0.15) is 0 Å². The Bertz CT molecular complexity index is 372. The summed E-state index contributed by atoms with van der Waals surface area (Å²) in [5.74, 6) is 0.935. The summed E-state index contributed by atoms with van der Waals surface area (Å²) in [7, 11) is 2.28. The van der Waals surface area contributed by atoms with Gasteiger partial charge < -0.3 is 10.2 Å². The molecular weight excluding hydrogens is 244 g/mol. The minimum Gasteiger partial charge on any atom is -0.309 e. The molecule has 2 unspecified atom stereocenters. The smallest absolute Gasteiger partial charge is 0.0475 e. The first-order chi connectivity index (χ1) is 9.72. The van der Waals surface area contributed by atoms with Crippen LogP contribution < -0.4 is 5.32 Å². The van der Waals surface area contributed by atoms with Crippen molar-refractivity contribution in [3.8, 4) is 0 Å². The molecule has 2 rings (SSSR count). The summed E-state index contributed by atoms with van der Waals surface area (Å²) in [5, 5.41) is 3.73. The predicted octanol–water partition coefficient (Wildman–Crippen LogP) is 3.85. The Morgan fingerprint density at radius 2 is 1.95 bits per heavy atom. The van der Waals surface area contributed by atoms with Gasteiger partial charge in [0.25, 0.3) is 0 Å². The average Bonchev–Trinajstić information content (AvgIpc) is 2.44. The lowest BCUT2D eigenvalue weighted by molar-refractivity contribution is 0.144. The van der Waals surface area contributed by atoms with Crippen LogP contribution in [0.2, 0.25) is 0 Å². The van der Waals surface area contributed by atoms with Crippen LogP contribution >= 0.6 is 0 Å². The summed E-state index contributed by atoms with van der Waals surface area (Å²) in [6.45, 7) is 6.93. The Labute approximate surface area is 124 Å². The van der Waals surface area contributed by atoms with E-state index in [4.69, 9.17) is 0 Å². The standard InChI is InChI=1S/C18H30N2/c1-4-13-19-18(17-11-6-5-7-12-17)15(2)20(3)14-16-9-8-10-16/h5-7,11-12,15-16,18-19H,4,8-10,13-14H2,1-3H3. The lowest BCUT2D eigenvalue weighted by Crippen LogP contribution is -2.44. The molecule has 0 amide bonds. The van der Waals surface area contributed by atoms with Crippen LogP contribution in [-0.2, 0) is 0 Å². The van der Waals surface area contributed by atoms with Crippen molar-refractivity contribution in [1.29, 1.82) is 0 Å². The van der Waals surface area contributed by atoms with E-state index in [1.54, 1.807) is 0 Å². The van der Waals surface area contributed by atoms with Gasteiger partial charge in [-0.05, 0) is 51.3 Å². The molecule has 1 aliphatic rings. The Morgan fingerprint density at radius 1 is 1.25 bits per heavy atom. The molecule has 0 aliphatic heterocycles. The first-order valence-electron chi connectivity index (χ1n) is 8.21. The highest BCUT2D eigenvalue weighted by molar-refractivity contribution is 5.20. The van der Waals surface area contributed by atoms with E-state index in [-0.39, 0.29) is 0 Å². The second kappa shape index (κ2) is 7.80. The zero-order valence-electron chi connectivity index (χ0n) is 13.3. The minimum atomic E-state index is 0.432. The number of nitrogens with zero attached hydrogens (tertiary/aromatic N) is 1. The lowest BCUT2D eigenvalue weighted by atomic mass is 9.84. The number of benzene rings is 1. The van der Waals surface area contributed by atoms with Gasteiger partial charge in [0, 0.05) is 18.6 Å².